The summed E-state index contributed by atoms with van der Waals surface area (Å²) >= 11 is 5.73. The van der Waals surface area contributed by atoms with Gasteiger partial charge in [-0.3, -0.25) is 5.32 Å². The Morgan fingerprint density at radius 3 is 2.67 bits per heavy atom. The number of pyridine rings is 1. The van der Waals surface area contributed by atoms with Crippen molar-refractivity contribution in [3.8, 4) is 5.75 Å². The number of carbonyl (C=O) groups excluding carboxylic acids is 1. The summed E-state index contributed by atoms with van der Waals surface area (Å²) in [4.78, 5) is 15.6. The highest BCUT2D eigenvalue weighted by Gasteiger charge is 2.05. The van der Waals surface area contributed by atoms with Gasteiger partial charge in [0.05, 0.1) is 0 Å². The van der Waals surface area contributed by atoms with Crippen LogP contribution in [0.4, 0.5) is 10.6 Å². The second-order valence-corrected chi connectivity index (χ2v) is 4.12. The minimum atomic E-state index is -0.588. The number of nitrogens with zero attached hydrogens (tertiary/aromatic N) is 1. The Morgan fingerprint density at radius 1 is 1.28 bits per heavy atom. The molecule has 5 heteroatoms. The Morgan fingerprint density at radius 2 is 2.00 bits per heavy atom. The Balaban J connectivity index is 1.98. The molecule has 0 saturated heterocycles. The molecule has 0 spiro atoms. The van der Waals surface area contributed by atoms with E-state index in [0.29, 0.717) is 16.6 Å². The SMILES string of the molecule is Cc1ccnc(NC(=O)Oc2ccc(Cl)cc2)c1. The van der Waals surface area contributed by atoms with Gasteiger partial charge in [0.2, 0.25) is 0 Å². The molecule has 2 aromatic rings. The van der Waals surface area contributed by atoms with E-state index in [1.807, 2.05) is 13.0 Å². The van der Waals surface area contributed by atoms with Gasteiger partial charge < -0.3 is 4.74 Å². The third-order valence-electron chi connectivity index (χ3n) is 2.17. The van der Waals surface area contributed by atoms with Crippen LogP contribution in [0.2, 0.25) is 5.02 Å². The molecule has 0 radical (unpaired) electrons. The van der Waals surface area contributed by atoms with E-state index in [-0.39, 0.29) is 0 Å². The quantitative estimate of drug-likeness (QED) is 0.899. The highest BCUT2D eigenvalue weighted by Crippen LogP contribution is 2.16. The van der Waals surface area contributed by atoms with Crippen LogP contribution in [0.15, 0.2) is 42.6 Å². The van der Waals surface area contributed by atoms with Crippen LogP contribution in [0.25, 0.3) is 0 Å². The highest BCUT2D eigenvalue weighted by atomic mass is 35.5. The van der Waals surface area contributed by atoms with Crippen molar-refractivity contribution in [3.63, 3.8) is 0 Å². The zero-order valence-corrected chi connectivity index (χ0v) is 10.4. The van der Waals surface area contributed by atoms with E-state index < -0.39 is 6.09 Å². The van der Waals surface area contributed by atoms with Gasteiger partial charge in [0, 0.05) is 11.2 Å². The molecule has 0 unspecified atom stereocenters. The van der Waals surface area contributed by atoms with Gasteiger partial charge in [0.25, 0.3) is 0 Å². The van der Waals surface area contributed by atoms with Gasteiger partial charge in [0.1, 0.15) is 11.6 Å². The lowest BCUT2D eigenvalue weighted by Gasteiger charge is -2.06. The highest BCUT2D eigenvalue weighted by molar-refractivity contribution is 6.30. The minimum Gasteiger partial charge on any atom is -0.410 e. The lowest BCUT2D eigenvalue weighted by atomic mass is 10.3. The first-order valence-electron chi connectivity index (χ1n) is 5.30. The number of aromatic nitrogens is 1. The Kier molecular flexibility index (Phi) is 3.79. The topological polar surface area (TPSA) is 51.2 Å². The Bertz CT molecular complexity index is 555. The number of hydrogen-bond acceptors (Lipinski definition) is 3. The van der Waals surface area contributed by atoms with Gasteiger partial charge in [-0.2, -0.15) is 0 Å². The molecule has 0 bridgehead atoms. The van der Waals surface area contributed by atoms with Crippen LogP contribution in [0.1, 0.15) is 5.56 Å². The summed E-state index contributed by atoms with van der Waals surface area (Å²) in [6.45, 7) is 1.91. The van der Waals surface area contributed by atoms with Crippen molar-refractivity contribution >= 4 is 23.5 Å². The van der Waals surface area contributed by atoms with Crippen LogP contribution in [0, 0.1) is 6.92 Å². The summed E-state index contributed by atoms with van der Waals surface area (Å²) in [5.74, 6) is 0.874. The molecule has 1 amide bonds. The molecule has 4 nitrogen and oxygen atoms in total. The van der Waals surface area contributed by atoms with E-state index in [2.05, 4.69) is 10.3 Å². The summed E-state index contributed by atoms with van der Waals surface area (Å²) < 4.78 is 5.06. The molecule has 0 aliphatic carbocycles. The molecule has 0 atom stereocenters. The number of rotatable bonds is 2. The van der Waals surface area contributed by atoms with E-state index in [1.165, 1.54) is 0 Å². The zero-order valence-electron chi connectivity index (χ0n) is 9.68. The average molecular weight is 263 g/mol. The Labute approximate surface area is 110 Å². The monoisotopic (exact) mass is 262 g/mol. The summed E-state index contributed by atoms with van der Waals surface area (Å²) in [6, 6.07) is 10.1. The number of carbonyl (C=O) groups is 1. The van der Waals surface area contributed by atoms with E-state index in [1.54, 1.807) is 36.5 Å². The third-order valence-corrected chi connectivity index (χ3v) is 2.42. The Hall–Kier alpha value is -2.07. The van der Waals surface area contributed by atoms with Crippen molar-refractivity contribution in [2.75, 3.05) is 5.32 Å². The fourth-order valence-electron chi connectivity index (χ4n) is 1.34. The number of ether oxygens (including phenoxy) is 1. The van der Waals surface area contributed by atoms with Gasteiger partial charge in [-0.1, -0.05) is 11.6 Å². The maximum Gasteiger partial charge on any atom is 0.418 e. The zero-order chi connectivity index (χ0) is 13.0. The number of nitrogens with one attached hydrogen (secondary N) is 1. The average Bonchev–Trinajstić information content (AvgIpc) is 2.32. The number of halogens is 1. The van der Waals surface area contributed by atoms with Crippen molar-refractivity contribution in [1.82, 2.24) is 4.98 Å². The molecule has 0 saturated carbocycles. The number of hydrogen-bond donors (Lipinski definition) is 1. The fraction of sp³-hybridized carbons (Fsp3) is 0.0769. The normalized spacial score (nSPS) is 9.89. The molecular formula is C13H11ClN2O2. The first-order valence-corrected chi connectivity index (χ1v) is 5.68. The molecule has 0 aliphatic rings. The van der Waals surface area contributed by atoms with Crippen LogP contribution in [0.3, 0.4) is 0 Å². The van der Waals surface area contributed by atoms with Gasteiger partial charge in [0.15, 0.2) is 0 Å². The molecule has 92 valence electrons. The summed E-state index contributed by atoms with van der Waals surface area (Å²) in [5, 5.41) is 3.13. The smallest absolute Gasteiger partial charge is 0.410 e. The second-order valence-electron chi connectivity index (χ2n) is 3.69. The summed E-state index contributed by atoms with van der Waals surface area (Å²) in [6.07, 6.45) is 1.03. The summed E-state index contributed by atoms with van der Waals surface area (Å²) in [5.41, 5.74) is 1.01. The maximum atomic E-state index is 11.6. The fourth-order valence-corrected chi connectivity index (χ4v) is 1.47. The molecule has 1 aromatic heterocycles. The largest absolute Gasteiger partial charge is 0.418 e. The van der Waals surface area contributed by atoms with Crippen molar-refractivity contribution in [2.24, 2.45) is 0 Å². The number of aryl methyl sites for hydroxylation is 1. The van der Waals surface area contributed by atoms with Gasteiger partial charge >= 0.3 is 6.09 Å². The second kappa shape index (κ2) is 5.51. The van der Waals surface area contributed by atoms with Crippen LogP contribution >= 0.6 is 11.6 Å². The first-order chi connectivity index (χ1) is 8.63. The first kappa shape index (κ1) is 12.4. The molecule has 18 heavy (non-hydrogen) atoms. The van der Waals surface area contributed by atoms with Crippen molar-refractivity contribution in [1.29, 1.82) is 0 Å². The molecule has 1 N–H and O–H groups in total. The van der Waals surface area contributed by atoms with Crippen LogP contribution < -0.4 is 10.1 Å². The number of anilines is 1. The van der Waals surface area contributed by atoms with E-state index in [9.17, 15) is 4.79 Å². The van der Waals surface area contributed by atoms with Crippen LogP contribution in [0.5, 0.6) is 5.75 Å². The van der Waals surface area contributed by atoms with Gasteiger partial charge in [-0.25, -0.2) is 9.78 Å². The van der Waals surface area contributed by atoms with Crippen LogP contribution in [-0.4, -0.2) is 11.1 Å². The number of amides is 1. The lowest BCUT2D eigenvalue weighted by molar-refractivity contribution is 0.215. The van der Waals surface area contributed by atoms with Gasteiger partial charge in [-0.15, -0.1) is 0 Å². The predicted octanol–water partition coefficient (Wildman–Crippen LogP) is 3.65. The van der Waals surface area contributed by atoms with E-state index in [4.69, 9.17) is 16.3 Å². The lowest BCUT2D eigenvalue weighted by Crippen LogP contribution is -2.17. The molecule has 1 heterocycles. The van der Waals surface area contributed by atoms with Crippen molar-refractivity contribution < 1.29 is 9.53 Å². The van der Waals surface area contributed by atoms with E-state index in [0.717, 1.165) is 5.56 Å². The molecule has 0 fully saturated rings. The maximum absolute atomic E-state index is 11.6. The third kappa shape index (κ3) is 3.46. The predicted molar refractivity (Wildman–Crippen MR) is 70.1 cm³/mol. The van der Waals surface area contributed by atoms with Crippen molar-refractivity contribution in [2.45, 2.75) is 6.92 Å². The summed E-state index contributed by atoms with van der Waals surface area (Å²) in [7, 11) is 0. The molecule has 2 rings (SSSR count). The van der Waals surface area contributed by atoms with Crippen LogP contribution in [-0.2, 0) is 0 Å². The minimum absolute atomic E-state index is 0.421. The number of benzene rings is 1. The molecule has 1 aromatic carbocycles. The molecular weight excluding hydrogens is 252 g/mol. The van der Waals surface area contributed by atoms with E-state index >= 15 is 0 Å². The standard InChI is InChI=1S/C13H11ClN2O2/c1-9-6-7-15-12(8-9)16-13(17)18-11-4-2-10(14)3-5-11/h2-8H,1H3,(H,15,16,17). The van der Waals surface area contributed by atoms with Gasteiger partial charge in [-0.05, 0) is 48.9 Å². The van der Waals surface area contributed by atoms with Crippen molar-refractivity contribution in [3.05, 3.63) is 53.2 Å². The molecule has 0 aliphatic heterocycles.